The van der Waals surface area contributed by atoms with Gasteiger partial charge in [0.15, 0.2) is 0 Å². The average molecular weight is 296 g/mol. The van der Waals surface area contributed by atoms with Crippen molar-refractivity contribution in [3.05, 3.63) is 70.8 Å². The van der Waals surface area contributed by atoms with Gasteiger partial charge in [0.25, 0.3) is 5.91 Å². The van der Waals surface area contributed by atoms with Crippen LogP contribution in [0.3, 0.4) is 0 Å². The van der Waals surface area contributed by atoms with Gasteiger partial charge in [-0.25, -0.2) is 0 Å². The summed E-state index contributed by atoms with van der Waals surface area (Å²) in [6.45, 7) is 3.61. The highest BCUT2D eigenvalue weighted by Crippen LogP contribution is 2.09. The van der Waals surface area contributed by atoms with Gasteiger partial charge in [0.2, 0.25) is 0 Å². The molecule has 0 aliphatic rings. The van der Waals surface area contributed by atoms with E-state index in [-0.39, 0.29) is 5.91 Å². The van der Waals surface area contributed by atoms with Crippen molar-refractivity contribution >= 4 is 5.91 Å². The fourth-order valence-corrected chi connectivity index (χ4v) is 2.50. The molecule has 2 aromatic carbocycles. The summed E-state index contributed by atoms with van der Waals surface area (Å²) in [4.78, 5) is 12.4. The van der Waals surface area contributed by atoms with Gasteiger partial charge in [-0.3, -0.25) is 4.79 Å². The van der Waals surface area contributed by atoms with Crippen molar-refractivity contribution in [3.8, 4) is 0 Å². The molecule has 3 nitrogen and oxygen atoms in total. The molecule has 2 rings (SSSR count). The lowest BCUT2D eigenvalue weighted by Crippen LogP contribution is -2.27. The molecule has 0 aliphatic carbocycles. The molecule has 0 aromatic heterocycles. The van der Waals surface area contributed by atoms with Crippen molar-refractivity contribution in [2.45, 2.75) is 19.8 Å². The molecule has 0 fully saturated rings. The normalized spacial score (nSPS) is 10.5. The molecule has 0 heterocycles. The molecule has 0 atom stereocenters. The van der Waals surface area contributed by atoms with Crippen molar-refractivity contribution in [1.29, 1.82) is 0 Å². The number of rotatable bonds is 7. The van der Waals surface area contributed by atoms with Gasteiger partial charge in [-0.15, -0.1) is 0 Å². The predicted octanol–water partition coefficient (Wildman–Crippen LogP) is 2.73. The number of benzene rings is 2. The van der Waals surface area contributed by atoms with Gasteiger partial charge in [0.1, 0.15) is 0 Å². The Kier molecular flexibility index (Phi) is 6.16. The van der Waals surface area contributed by atoms with Crippen molar-refractivity contribution < 1.29 is 4.79 Å². The van der Waals surface area contributed by atoms with E-state index in [4.69, 9.17) is 0 Å². The molecular weight excluding hydrogens is 272 g/mol. The van der Waals surface area contributed by atoms with E-state index in [0.717, 1.165) is 30.5 Å². The molecule has 116 valence electrons. The van der Waals surface area contributed by atoms with Crippen LogP contribution in [0.15, 0.2) is 48.5 Å². The van der Waals surface area contributed by atoms with Crippen molar-refractivity contribution in [1.82, 2.24) is 10.6 Å². The van der Waals surface area contributed by atoms with Gasteiger partial charge in [0, 0.05) is 12.1 Å². The minimum Gasteiger partial charge on any atom is -0.352 e. The molecule has 0 bridgehead atoms. The van der Waals surface area contributed by atoms with Gasteiger partial charge in [-0.1, -0.05) is 48.0 Å². The summed E-state index contributed by atoms with van der Waals surface area (Å²) in [6, 6.07) is 16.2. The zero-order chi connectivity index (χ0) is 15.8. The minimum atomic E-state index is 0.0133. The number of hydrogen-bond donors (Lipinski definition) is 2. The molecule has 2 N–H and O–H groups in total. The summed E-state index contributed by atoms with van der Waals surface area (Å²) in [5, 5.41) is 6.14. The van der Waals surface area contributed by atoms with E-state index in [1.54, 1.807) is 0 Å². The lowest BCUT2D eigenvalue weighted by atomic mass is 10.0. The van der Waals surface area contributed by atoms with Crippen LogP contribution in [0.25, 0.3) is 0 Å². The van der Waals surface area contributed by atoms with Crippen LogP contribution in [-0.4, -0.2) is 26.0 Å². The standard InChI is InChI=1S/C19H24N2O/c1-15-6-5-7-16(14-15)10-13-21-19(22)18-9-4-3-8-17(18)11-12-20-2/h3-9,14,20H,10-13H2,1-2H3,(H,21,22). The first-order valence-electron chi connectivity index (χ1n) is 7.77. The van der Waals surface area contributed by atoms with Crippen LogP contribution in [0.5, 0.6) is 0 Å². The van der Waals surface area contributed by atoms with Crippen molar-refractivity contribution in [3.63, 3.8) is 0 Å². The SMILES string of the molecule is CNCCc1ccccc1C(=O)NCCc1cccc(C)c1. The average Bonchev–Trinajstić information content (AvgIpc) is 2.53. The molecule has 2 aromatic rings. The van der Waals surface area contributed by atoms with E-state index in [1.807, 2.05) is 31.3 Å². The molecule has 0 saturated carbocycles. The third-order valence-electron chi connectivity index (χ3n) is 3.69. The van der Waals surface area contributed by atoms with Crippen molar-refractivity contribution in [2.75, 3.05) is 20.1 Å². The molecule has 0 radical (unpaired) electrons. The van der Waals surface area contributed by atoms with Gasteiger partial charge in [-0.2, -0.15) is 0 Å². The number of aryl methyl sites for hydroxylation is 1. The summed E-state index contributed by atoms with van der Waals surface area (Å²) in [7, 11) is 1.92. The third-order valence-corrected chi connectivity index (χ3v) is 3.69. The Morgan fingerprint density at radius 2 is 1.82 bits per heavy atom. The van der Waals surface area contributed by atoms with E-state index in [2.05, 4.69) is 41.8 Å². The monoisotopic (exact) mass is 296 g/mol. The Labute approximate surface area is 132 Å². The molecule has 1 amide bonds. The largest absolute Gasteiger partial charge is 0.352 e. The van der Waals surface area contributed by atoms with E-state index < -0.39 is 0 Å². The Morgan fingerprint density at radius 1 is 1.00 bits per heavy atom. The Morgan fingerprint density at radius 3 is 2.59 bits per heavy atom. The van der Waals surface area contributed by atoms with Gasteiger partial charge < -0.3 is 10.6 Å². The number of carbonyl (C=O) groups is 1. The summed E-state index contributed by atoms with van der Waals surface area (Å²) in [5.74, 6) is 0.0133. The van der Waals surface area contributed by atoms with Gasteiger partial charge in [-0.05, 0) is 50.6 Å². The summed E-state index contributed by atoms with van der Waals surface area (Å²) in [5.41, 5.74) is 4.37. The van der Waals surface area contributed by atoms with Crippen LogP contribution in [0.1, 0.15) is 27.0 Å². The molecule has 0 unspecified atom stereocenters. The van der Waals surface area contributed by atoms with Crippen LogP contribution in [0, 0.1) is 6.92 Å². The fraction of sp³-hybridized carbons (Fsp3) is 0.316. The highest BCUT2D eigenvalue weighted by Gasteiger charge is 2.09. The zero-order valence-corrected chi connectivity index (χ0v) is 13.4. The van der Waals surface area contributed by atoms with E-state index in [0.29, 0.717) is 6.54 Å². The van der Waals surface area contributed by atoms with Crippen molar-refractivity contribution in [2.24, 2.45) is 0 Å². The summed E-state index contributed by atoms with van der Waals surface area (Å²) in [6.07, 6.45) is 1.71. The molecule has 3 heteroatoms. The van der Waals surface area contributed by atoms with E-state index in [1.165, 1.54) is 11.1 Å². The lowest BCUT2D eigenvalue weighted by molar-refractivity contribution is 0.0953. The highest BCUT2D eigenvalue weighted by molar-refractivity contribution is 5.95. The van der Waals surface area contributed by atoms with Crippen LogP contribution < -0.4 is 10.6 Å². The number of carbonyl (C=O) groups excluding carboxylic acids is 1. The maximum Gasteiger partial charge on any atom is 0.251 e. The maximum atomic E-state index is 12.4. The van der Waals surface area contributed by atoms with Crippen LogP contribution >= 0.6 is 0 Å². The number of amides is 1. The zero-order valence-electron chi connectivity index (χ0n) is 13.4. The van der Waals surface area contributed by atoms with E-state index in [9.17, 15) is 4.79 Å². The van der Waals surface area contributed by atoms with Gasteiger partial charge >= 0.3 is 0 Å². The second kappa shape index (κ2) is 8.35. The first-order chi connectivity index (χ1) is 10.7. The summed E-state index contributed by atoms with van der Waals surface area (Å²) < 4.78 is 0. The Balaban J connectivity index is 1.92. The lowest BCUT2D eigenvalue weighted by Gasteiger charge is -2.10. The molecule has 0 saturated heterocycles. The van der Waals surface area contributed by atoms with Crippen LogP contribution in [0.2, 0.25) is 0 Å². The second-order valence-corrected chi connectivity index (χ2v) is 5.51. The fourth-order valence-electron chi connectivity index (χ4n) is 2.50. The molecule has 0 spiro atoms. The summed E-state index contributed by atoms with van der Waals surface area (Å²) >= 11 is 0. The predicted molar refractivity (Wildman–Crippen MR) is 91.3 cm³/mol. The smallest absolute Gasteiger partial charge is 0.251 e. The van der Waals surface area contributed by atoms with Crippen LogP contribution in [0.4, 0.5) is 0 Å². The second-order valence-electron chi connectivity index (χ2n) is 5.51. The minimum absolute atomic E-state index is 0.0133. The highest BCUT2D eigenvalue weighted by atomic mass is 16.1. The number of hydrogen-bond acceptors (Lipinski definition) is 2. The van der Waals surface area contributed by atoms with Gasteiger partial charge in [0.05, 0.1) is 0 Å². The van der Waals surface area contributed by atoms with Crippen LogP contribution in [-0.2, 0) is 12.8 Å². The number of likely N-dealkylation sites (N-methyl/N-ethyl adjacent to an activating group) is 1. The molecular formula is C19H24N2O. The Bertz CT molecular complexity index is 622. The number of nitrogens with one attached hydrogen (secondary N) is 2. The maximum absolute atomic E-state index is 12.4. The van der Waals surface area contributed by atoms with E-state index >= 15 is 0 Å². The first kappa shape index (κ1) is 16.2. The topological polar surface area (TPSA) is 41.1 Å². The Hall–Kier alpha value is -2.13. The molecule has 0 aliphatic heterocycles. The quantitative estimate of drug-likeness (QED) is 0.825. The first-order valence-corrected chi connectivity index (χ1v) is 7.77. The third kappa shape index (κ3) is 4.71. The molecule has 22 heavy (non-hydrogen) atoms.